The summed E-state index contributed by atoms with van der Waals surface area (Å²) in [7, 11) is 1.30. The Balaban J connectivity index is 3.42. The monoisotopic (exact) mass is 261 g/mol. The average molecular weight is 261 g/mol. The van der Waals surface area contributed by atoms with Gasteiger partial charge in [-0.05, 0) is 33.1 Å². The minimum atomic E-state index is -0.515. The molecule has 0 bridgehead atoms. The van der Waals surface area contributed by atoms with Gasteiger partial charge >= 0.3 is 5.97 Å². The highest BCUT2D eigenvalue weighted by Gasteiger charge is 2.21. The Labute approximate surface area is 113 Å². The molecule has 19 heavy (non-hydrogen) atoms. The molecule has 0 aromatic carbocycles. The van der Waals surface area contributed by atoms with Gasteiger partial charge in [-0.25, -0.2) is 4.79 Å². The van der Waals surface area contributed by atoms with Crippen LogP contribution in [0.4, 0.5) is 0 Å². The molecule has 0 radical (unpaired) electrons. The largest absolute Gasteiger partial charge is 0.465 e. The highest BCUT2D eigenvalue weighted by atomic mass is 16.5. The second-order valence-electron chi connectivity index (χ2n) is 5.23. The van der Waals surface area contributed by atoms with E-state index in [1.807, 2.05) is 27.7 Å². The first-order chi connectivity index (χ1) is 8.84. The lowest BCUT2D eigenvalue weighted by atomic mass is 9.97. The molecule has 1 aromatic rings. The number of H-pyrrole nitrogens is 1. The number of esters is 1. The van der Waals surface area contributed by atoms with Crippen LogP contribution in [0, 0.1) is 17.3 Å². The van der Waals surface area contributed by atoms with Gasteiger partial charge in [0.2, 0.25) is 0 Å². The first kappa shape index (κ1) is 15.0. The van der Waals surface area contributed by atoms with Crippen molar-refractivity contribution >= 4 is 12.3 Å². The Hall–Kier alpha value is -2.02. The smallest absolute Gasteiger partial charge is 0.340 e. The molecular formula is C15H19NO3. The lowest BCUT2D eigenvalue weighted by Crippen LogP contribution is -2.06. The van der Waals surface area contributed by atoms with Crippen molar-refractivity contribution in [3.63, 3.8) is 0 Å². The molecule has 1 aromatic heterocycles. The fraction of sp³-hybridized carbons (Fsp3) is 0.467. The maximum Gasteiger partial charge on any atom is 0.340 e. The molecule has 0 fully saturated rings. The van der Waals surface area contributed by atoms with E-state index < -0.39 is 5.97 Å². The summed E-state index contributed by atoms with van der Waals surface area (Å²) >= 11 is 0. The number of carbonyl (C=O) groups excluding carboxylic acids is 2. The van der Waals surface area contributed by atoms with Crippen molar-refractivity contribution in [1.82, 2.24) is 4.98 Å². The maximum atomic E-state index is 11.7. The van der Waals surface area contributed by atoms with Gasteiger partial charge in [-0.1, -0.05) is 12.8 Å². The molecule has 0 aliphatic carbocycles. The third kappa shape index (κ3) is 3.47. The zero-order valence-corrected chi connectivity index (χ0v) is 12.0. The molecule has 0 amide bonds. The summed E-state index contributed by atoms with van der Waals surface area (Å²) in [6, 6.07) is 0. The van der Waals surface area contributed by atoms with Crippen LogP contribution in [0.25, 0.3) is 0 Å². The van der Waals surface area contributed by atoms with Crippen LogP contribution >= 0.6 is 0 Å². The molecule has 4 heteroatoms. The number of hydrogen-bond donors (Lipinski definition) is 1. The molecule has 0 saturated carbocycles. The molecule has 1 rings (SSSR count). The standard InChI is InChI=1S/C15H19NO3/c1-6-10-11(7-8-15(2,3)4)16-12(9-17)13(10)14(18)19-5/h9,16H,6H2,1-5H3. The lowest BCUT2D eigenvalue weighted by molar-refractivity contribution is 0.0597. The Morgan fingerprint density at radius 1 is 1.42 bits per heavy atom. The molecule has 0 aliphatic heterocycles. The fourth-order valence-corrected chi connectivity index (χ4v) is 1.69. The summed E-state index contributed by atoms with van der Waals surface area (Å²) in [4.78, 5) is 25.7. The van der Waals surface area contributed by atoms with Gasteiger partial charge in [-0.15, -0.1) is 0 Å². The minimum Gasteiger partial charge on any atom is -0.465 e. The van der Waals surface area contributed by atoms with E-state index in [0.29, 0.717) is 24.0 Å². The summed E-state index contributed by atoms with van der Waals surface area (Å²) in [6.07, 6.45) is 1.22. The van der Waals surface area contributed by atoms with Crippen molar-refractivity contribution in [3.8, 4) is 11.8 Å². The van der Waals surface area contributed by atoms with E-state index in [1.54, 1.807) is 0 Å². The first-order valence-corrected chi connectivity index (χ1v) is 6.15. The van der Waals surface area contributed by atoms with E-state index in [9.17, 15) is 9.59 Å². The molecule has 0 spiro atoms. The number of hydrogen-bond acceptors (Lipinski definition) is 3. The molecule has 1 N–H and O–H groups in total. The zero-order chi connectivity index (χ0) is 14.6. The molecular weight excluding hydrogens is 242 g/mol. The van der Waals surface area contributed by atoms with Crippen LogP contribution in [-0.2, 0) is 11.2 Å². The Morgan fingerprint density at radius 3 is 2.47 bits per heavy atom. The van der Waals surface area contributed by atoms with E-state index in [0.717, 1.165) is 5.56 Å². The van der Waals surface area contributed by atoms with Crippen LogP contribution in [0.5, 0.6) is 0 Å². The third-order valence-corrected chi connectivity index (χ3v) is 2.56. The molecule has 4 nitrogen and oxygen atoms in total. The second-order valence-corrected chi connectivity index (χ2v) is 5.23. The molecule has 102 valence electrons. The summed E-state index contributed by atoms with van der Waals surface area (Å²) in [6.45, 7) is 7.90. The van der Waals surface area contributed by atoms with Gasteiger partial charge in [0.05, 0.1) is 24.1 Å². The van der Waals surface area contributed by atoms with Gasteiger partial charge in [0, 0.05) is 11.0 Å². The summed E-state index contributed by atoms with van der Waals surface area (Å²) in [5, 5.41) is 0. The van der Waals surface area contributed by atoms with E-state index in [2.05, 4.69) is 16.8 Å². The van der Waals surface area contributed by atoms with Crippen molar-refractivity contribution in [2.45, 2.75) is 34.1 Å². The number of nitrogens with one attached hydrogen (secondary N) is 1. The van der Waals surface area contributed by atoms with Crippen LogP contribution in [0.3, 0.4) is 0 Å². The Kier molecular flexibility index (Phi) is 4.55. The van der Waals surface area contributed by atoms with Crippen LogP contribution in [-0.4, -0.2) is 24.3 Å². The predicted octanol–water partition coefficient (Wildman–Crippen LogP) is 2.57. The van der Waals surface area contributed by atoms with Gasteiger partial charge in [-0.3, -0.25) is 4.79 Å². The fourth-order valence-electron chi connectivity index (χ4n) is 1.69. The molecule has 0 unspecified atom stereocenters. The molecule has 0 aliphatic rings. The van der Waals surface area contributed by atoms with E-state index >= 15 is 0 Å². The van der Waals surface area contributed by atoms with Gasteiger partial charge < -0.3 is 9.72 Å². The molecule has 0 saturated heterocycles. The van der Waals surface area contributed by atoms with Crippen molar-refractivity contribution in [3.05, 3.63) is 22.5 Å². The van der Waals surface area contributed by atoms with Crippen LogP contribution in [0.2, 0.25) is 0 Å². The van der Waals surface area contributed by atoms with Gasteiger partial charge in [0.25, 0.3) is 0 Å². The maximum absolute atomic E-state index is 11.7. The SMILES string of the molecule is CCc1c(C#CC(C)(C)C)[nH]c(C=O)c1C(=O)OC. The number of aromatic amines is 1. The van der Waals surface area contributed by atoms with Crippen molar-refractivity contribution in [2.24, 2.45) is 5.41 Å². The number of aldehydes is 1. The Morgan fingerprint density at radius 2 is 2.05 bits per heavy atom. The lowest BCUT2D eigenvalue weighted by Gasteiger charge is -2.06. The van der Waals surface area contributed by atoms with Crippen molar-refractivity contribution in [2.75, 3.05) is 7.11 Å². The van der Waals surface area contributed by atoms with E-state index in [4.69, 9.17) is 4.74 Å². The average Bonchev–Trinajstić information content (AvgIpc) is 2.72. The van der Waals surface area contributed by atoms with Gasteiger partial charge in [0.15, 0.2) is 6.29 Å². The van der Waals surface area contributed by atoms with E-state index in [-0.39, 0.29) is 11.1 Å². The third-order valence-electron chi connectivity index (χ3n) is 2.56. The van der Waals surface area contributed by atoms with E-state index in [1.165, 1.54) is 7.11 Å². The van der Waals surface area contributed by atoms with Crippen LogP contribution in [0.15, 0.2) is 0 Å². The normalized spacial score (nSPS) is 10.6. The first-order valence-electron chi connectivity index (χ1n) is 6.15. The summed E-state index contributed by atoms with van der Waals surface area (Å²) in [5.74, 6) is 5.58. The highest BCUT2D eigenvalue weighted by molar-refractivity contribution is 5.99. The number of methoxy groups -OCH3 is 1. The number of ether oxygens (including phenoxy) is 1. The van der Waals surface area contributed by atoms with Crippen LogP contribution < -0.4 is 0 Å². The second kappa shape index (κ2) is 5.75. The Bertz CT molecular complexity index is 550. The predicted molar refractivity (Wildman–Crippen MR) is 73.2 cm³/mol. The van der Waals surface area contributed by atoms with Crippen molar-refractivity contribution in [1.29, 1.82) is 0 Å². The topological polar surface area (TPSA) is 59.2 Å². The highest BCUT2D eigenvalue weighted by Crippen LogP contribution is 2.20. The summed E-state index contributed by atoms with van der Waals surface area (Å²) < 4.78 is 4.71. The molecule has 1 heterocycles. The number of aromatic nitrogens is 1. The van der Waals surface area contributed by atoms with Gasteiger partial charge in [0.1, 0.15) is 0 Å². The van der Waals surface area contributed by atoms with Crippen molar-refractivity contribution < 1.29 is 14.3 Å². The minimum absolute atomic E-state index is 0.150. The summed E-state index contributed by atoms with van der Waals surface area (Å²) in [5.41, 5.74) is 1.70. The quantitative estimate of drug-likeness (QED) is 0.517. The van der Waals surface area contributed by atoms with Crippen LogP contribution in [0.1, 0.15) is 59.8 Å². The zero-order valence-electron chi connectivity index (χ0n) is 12.0. The number of carbonyl (C=O) groups is 2. The molecule has 0 atom stereocenters. The van der Waals surface area contributed by atoms with Gasteiger partial charge in [-0.2, -0.15) is 0 Å². The number of rotatable bonds is 3.